The largest absolute Gasteiger partial charge is 0.489 e. The molecule has 0 saturated heterocycles. The summed E-state index contributed by atoms with van der Waals surface area (Å²) in [6, 6.07) is 11.5. The molecule has 0 aliphatic carbocycles. The number of hydrogen-bond donors (Lipinski definition) is 2. The van der Waals surface area contributed by atoms with E-state index in [1.165, 1.54) is 17.1 Å². The van der Waals surface area contributed by atoms with Crippen LogP contribution in [0.4, 0.5) is 10.2 Å². The quantitative estimate of drug-likeness (QED) is 0.283. The molecule has 10 nitrogen and oxygen atoms in total. The van der Waals surface area contributed by atoms with Gasteiger partial charge in [-0.3, -0.25) is 0 Å². The summed E-state index contributed by atoms with van der Waals surface area (Å²) in [4.78, 5) is 9.03. The number of nitrogens with zero attached hydrogens (tertiary/aromatic N) is 7. The fraction of sp³-hybridized carbons (Fsp3) is 0.250. The van der Waals surface area contributed by atoms with Crippen LogP contribution in [0.25, 0.3) is 22.5 Å². The van der Waals surface area contributed by atoms with Crippen LogP contribution in [-0.2, 0) is 0 Å². The van der Waals surface area contributed by atoms with Gasteiger partial charge in [0, 0.05) is 23.5 Å². The number of hydrogen-bond acceptors (Lipinski definition) is 8. The minimum Gasteiger partial charge on any atom is -0.489 e. The van der Waals surface area contributed by atoms with Crippen LogP contribution in [0.5, 0.6) is 5.75 Å². The summed E-state index contributed by atoms with van der Waals surface area (Å²) in [6.07, 6.45) is 9.85. The molecule has 0 bridgehead atoms. The highest BCUT2D eigenvalue weighted by Crippen LogP contribution is 2.32. The zero-order chi connectivity index (χ0) is 27.6. The molecule has 0 aromatic carbocycles. The molecule has 5 aromatic rings. The Morgan fingerprint density at radius 1 is 1.10 bits per heavy atom. The van der Waals surface area contributed by atoms with Crippen LogP contribution in [0.2, 0.25) is 0 Å². The molecule has 0 spiro atoms. The van der Waals surface area contributed by atoms with Crippen LogP contribution >= 0.6 is 0 Å². The van der Waals surface area contributed by atoms with Gasteiger partial charge in [-0.25, -0.2) is 23.6 Å². The van der Waals surface area contributed by atoms with Crippen molar-refractivity contribution in [1.29, 1.82) is 5.26 Å². The van der Waals surface area contributed by atoms with E-state index in [4.69, 9.17) is 4.74 Å². The van der Waals surface area contributed by atoms with Gasteiger partial charge < -0.3 is 15.2 Å². The van der Waals surface area contributed by atoms with Gasteiger partial charge in [0.05, 0.1) is 47.5 Å². The highest BCUT2D eigenvalue weighted by Gasteiger charge is 2.18. The maximum Gasteiger partial charge on any atom is 0.161 e. The Kier molecular flexibility index (Phi) is 6.96. The molecule has 0 aliphatic rings. The number of anilines is 1. The zero-order valence-corrected chi connectivity index (χ0v) is 21.7. The summed E-state index contributed by atoms with van der Waals surface area (Å²) in [5, 5.41) is 31.4. The fourth-order valence-electron chi connectivity index (χ4n) is 4.14. The second kappa shape index (κ2) is 10.5. The normalized spacial score (nSPS) is 12.3. The molecule has 5 aromatic heterocycles. The van der Waals surface area contributed by atoms with Crippen LogP contribution in [0.1, 0.15) is 44.4 Å². The topological polar surface area (TPSA) is 126 Å². The van der Waals surface area contributed by atoms with Gasteiger partial charge >= 0.3 is 0 Å². The third-order valence-electron chi connectivity index (χ3n) is 6.06. The van der Waals surface area contributed by atoms with Gasteiger partial charge in [0.25, 0.3) is 0 Å². The van der Waals surface area contributed by atoms with Gasteiger partial charge in [0.1, 0.15) is 24.2 Å². The molecule has 0 fully saturated rings. The van der Waals surface area contributed by atoms with Gasteiger partial charge in [-0.15, -0.1) is 0 Å². The first-order chi connectivity index (χ1) is 18.7. The van der Waals surface area contributed by atoms with Crippen LogP contribution in [0.3, 0.4) is 0 Å². The van der Waals surface area contributed by atoms with Crippen molar-refractivity contribution < 1.29 is 14.2 Å². The maximum atomic E-state index is 13.3. The van der Waals surface area contributed by atoms with Crippen molar-refractivity contribution in [3.63, 3.8) is 0 Å². The van der Waals surface area contributed by atoms with Gasteiger partial charge in [-0.1, -0.05) is 13.0 Å². The second-order valence-corrected chi connectivity index (χ2v) is 9.74. The number of aromatic nitrogens is 6. The van der Waals surface area contributed by atoms with E-state index in [0.29, 0.717) is 28.5 Å². The maximum absolute atomic E-state index is 13.3. The summed E-state index contributed by atoms with van der Waals surface area (Å²) >= 11 is 0. The summed E-state index contributed by atoms with van der Waals surface area (Å²) in [5.41, 5.74) is 2.54. The molecule has 2 N–H and O–H groups in total. The van der Waals surface area contributed by atoms with Gasteiger partial charge in [-0.05, 0) is 50.1 Å². The van der Waals surface area contributed by atoms with Gasteiger partial charge in [-0.2, -0.15) is 15.5 Å². The molecule has 0 saturated carbocycles. The van der Waals surface area contributed by atoms with E-state index < -0.39 is 11.4 Å². The Morgan fingerprint density at radius 3 is 2.56 bits per heavy atom. The lowest BCUT2D eigenvalue weighted by Gasteiger charge is -2.19. The average molecular weight is 527 g/mol. The molecular weight excluding hydrogens is 499 g/mol. The van der Waals surface area contributed by atoms with Crippen molar-refractivity contribution in [3.8, 4) is 28.8 Å². The van der Waals surface area contributed by atoms with E-state index in [-0.39, 0.29) is 12.6 Å². The lowest BCUT2D eigenvalue weighted by molar-refractivity contribution is 0.0283. The molecule has 0 amide bonds. The van der Waals surface area contributed by atoms with Crippen molar-refractivity contribution in [3.05, 3.63) is 84.5 Å². The Morgan fingerprint density at radius 2 is 1.95 bits per heavy atom. The van der Waals surface area contributed by atoms with Crippen LogP contribution in [0, 0.1) is 17.1 Å². The van der Waals surface area contributed by atoms with E-state index >= 15 is 0 Å². The van der Waals surface area contributed by atoms with Crippen molar-refractivity contribution in [2.24, 2.45) is 0 Å². The Hall–Kier alpha value is -4.82. The number of nitrogens with one attached hydrogen (secondary N) is 1. The van der Waals surface area contributed by atoms with Crippen molar-refractivity contribution >= 4 is 11.3 Å². The number of nitriles is 1. The Balaban J connectivity index is 1.39. The standard InChI is InChI=1S/C28H27FN8O2/c1-4-24(19-6-8-26(32-12-19)36-15-21(29)14-34-36)35-25-7-5-18(11-31-25)23-9-22(39-17-28(2,3)38)16-37-27(23)20(10-30)13-33-37/h5-9,11-16,24,38H,4,17H2,1-3H3,(H,31,35)/t24-/m0/s1. The first-order valence-electron chi connectivity index (χ1n) is 12.4. The number of ether oxygens (including phenoxy) is 1. The monoisotopic (exact) mass is 526 g/mol. The highest BCUT2D eigenvalue weighted by molar-refractivity contribution is 5.85. The second-order valence-electron chi connectivity index (χ2n) is 9.74. The zero-order valence-electron chi connectivity index (χ0n) is 21.7. The van der Waals surface area contributed by atoms with Gasteiger partial charge in [0.2, 0.25) is 0 Å². The molecule has 198 valence electrons. The predicted octanol–water partition coefficient (Wildman–Crippen LogP) is 4.70. The number of rotatable bonds is 9. The van der Waals surface area contributed by atoms with E-state index in [1.807, 2.05) is 24.3 Å². The summed E-state index contributed by atoms with van der Waals surface area (Å²) in [7, 11) is 0. The molecule has 0 unspecified atom stereocenters. The fourth-order valence-corrected chi connectivity index (χ4v) is 4.14. The smallest absolute Gasteiger partial charge is 0.161 e. The number of aliphatic hydroxyl groups is 1. The van der Waals surface area contributed by atoms with E-state index in [1.54, 1.807) is 43.0 Å². The molecule has 0 radical (unpaired) electrons. The number of fused-ring (bicyclic) bond motifs is 1. The minimum absolute atomic E-state index is 0.0513. The third-order valence-corrected chi connectivity index (χ3v) is 6.06. The first-order valence-corrected chi connectivity index (χ1v) is 12.4. The third kappa shape index (κ3) is 5.71. The van der Waals surface area contributed by atoms with Crippen LogP contribution < -0.4 is 10.1 Å². The number of pyridine rings is 3. The SMILES string of the molecule is CC[C@H](Nc1ccc(-c2cc(OCC(C)(C)O)cn3ncc(C#N)c23)cn1)c1ccc(-n2cc(F)cn2)nc1. The van der Waals surface area contributed by atoms with E-state index in [0.717, 1.165) is 29.3 Å². The lowest BCUT2D eigenvalue weighted by atomic mass is 10.0. The number of halogens is 1. The van der Waals surface area contributed by atoms with Gasteiger partial charge in [0.15, 0.2) is 11.6 Å². The first kappa shape index (κ1) is 25.8. The van der Waals surface area contributed by atoms with E-state index in [2.05, 4.69) is 38.5 Å². The van der Waals surface area contributed by atoms with Crippen molar-refractivity contribution in [2.45, 2.75) is 38.8 Å². The minimum atomic E-state index is -1.01. The van der Waals surface area contributed by atoms with Crippen LogP contribution in [0.15, 0.2) is 67.5 Å². The molecule has 39 heavy (non-hydrogen) atoms. The Bertz CT molecular complexity index is 1630. The molecule has 0 aliphatic heterocycles. The Labute approximate surface area is 224 Å². The molecule has 11 heteroatoms. The van der Waals surface area contributed by atoms with Crippen molar-refractivity contribution in [1.82, 2.24) is 29.4 Å². The van der Waals surface area contributed by atoms with Crippen molar-refractivity contribution in [2.75, 3.05) is 11.9 Å². The molecule has 5 rings (SSSR count). The molecule has 5 heterocycles. The lowest BCUT2D eigenvalue weighted by Crippen LogP contribution is -2.27. The predicted molar refractivity (Wildman–Crippen MR) is 143 cm³/mol. The highest BCUT2D eigenvalue weighted by atomic mass is 19.1. The summed E-state index contributed by atoms with van der Waals surface area (Å²) in [5.74, 6) is 1.28. The van der Waals surface area contributed by atoms with E-state index in [9.17, 15) is 14.8 Å². The summed E-state index contributed by atoms with van der Waals surface area (Å²) < 4.78 is 22.1. The molecular formula is C28H27FN8O2. The molecule has 1 atom stereocenters. The summed E-state index contributed by atoms with van der Waals surface area (Å²) in [6.45, 7) is 5.48. The van der Waals surface area contributed by atoms with Crippen LogP contribution in [-0.4, -0.2) is 46.7 Å². The average Bonchev–Trinajstić information content (AvgIpc) is 3.56.